The van der Waals surface area contributed by atoms with Gasteiger partial charge in [-0.2, -0.15) is 0 Å². The number of imidazole rings is 1. The lowest BCUT2D eigenvalue weighted by atomic mass is 10.1. The molecule has 7 heteroatoms. The molecule has 3 aromatic rings. The Morgan fingerprint density at radius 3 is 2.78 bits per heavy atom. The van der Waals surface area contributed by atoms with E-state index in [4.69, 9.17) is 15.5 Å². The first kappa shape index (κ1) is 15.5. The summed E-state index contributed by atoms with van der Waals surface area (Å²) in [4.78, 5) is 17.5. The number of amides is 1. The van der Waals surface area contributed by atoms with Gasteiger partial charge in [0.25, 0.3) is 5.91 Å². The van der Waals surface area contributed by atoms with Crippen LogP contribution in [0.1, 0.15) is 15.4 Å². The Labute approximate surface area is 137 Å². The number of aryl methyl sites for hydroxylation is 1. The predicted octanol–water partition coefficient (Wildman–Crippen LogP) is 2.53. The lowest BCUT2D eigenvalue weighted by Gasteiger charge is -2.09. The van der Waals surface area contributed by atoms with Crippen molar-refractivity contribution in [2.45, 2.75) is 6.92 Å². The van der Waals surface area contributed by atoms with Gasteiger partial charge in [-0.15, -0.1) is 0 Å². The number of nitrogens with two attached hydrogens (primary N) is 1. The molecule has 1 amide bonds. The van der Waals surface area contributed by atoms with Gasteiger partial charge in [-0.05, 0) is 6.92 Å². The van der Waals surface area contributed by atoms with Gasteiger partial charge in [-0.1, -0.05) is 41.7 Å². The number of hydrogen-bond donors (Lipinski definition) is 2. The number of fused-ring (bicyclic) bond motifs is 1. The number of carbonyl (C=O) groups is 1. The molecule has 23 heavy (non-hydrogen) atoms. The molecule has 0 saturated carbocycles. The van der Waals surface area contributed by atoms with Crippen LogP contribution in [-0.4, -0.2) is 35.6 Å². The molecule has 0 aliphatic heterocycles. The molecule has 0 atom stereocenters. The van der Waals surface area contributed by atoms with Crippen molar-refractivity contribution in [3.8, 4) is 11.3 Å². The minimum Gasteiger partial charge on any atom is -0.383 e. The number of thiazole rings is 1. The molecule has 0 bridgehead atoms. The lowest BCUT2D eigenvalue weighted by molar-refractivity contribution is 0.100. The molecule has 6 nitrogen and oxygen atoms in total. The van der Waals surface area contributed by atoms with Crippen LogP contribution >= 0.6 is 11.3 Å². The molecule has 3 N–H and O–H groups in total. The summed E-state index contributed by atoms with van der Waals surface area (Å²) in [5.74, 6) is 0.423. The average Bonchev–Trinajstić information content (AvgIpc) is 3.06. The van der Waals surface area contributed by atoms with Crippen molar-refractivity contribution >= 4 is 28.0 Å². The highest BCUT2D eigenvalue weighted by molar-refractivity contribution is 7.19. The van der Waals surface area contributed by atoms with Gasteiger partial charge in [0, 0.05) is 24.9 Å². The third kappa shape index (κ3) is 2.80. The van der Waals surface area contributed by atoms with Crippen LogP contribution in [0, 0.1) is 6.92 Å². The summed E-state index contributed by atoms with van der Waals surface area (Å²) in [7, 11) is 1.66. The highest BCUT2D eigenvalue weighted by Crippen LogP contribution is 2.34. The maximum absolute atomic E-state index is 11.6. The predicted molar refractivity (Wildman–Crippen MR) is 92.1 cm³/mol. The Morgan fingerprint density at radius 2 is 2.13 bits per heavy atom. The Bertz CT molecular complexity index is 839. The zero-order chi connectivity index (χ0) is 16.4. The summed E-state index contributed by atoms with van der Waals surface area (Å²) < 4.78 is 7.05. The van der Waals surface area contributed by atoms with Crippen molar-refractivity contribution < 1.29 is 9.53 Å². The molecule has 0 spiro atoms. The van der Waals surface area contributed by atoms with Crippen LogP contribution < -0.4 is 11.1 Å². The Morgan fingerprint density at radius 1 is 1.39 bits per heavy atom. The smallest absolute Gasteiger partial charge is 0.260 e. The molecule has 1 aromatic carbocycles. The quantitative estimate of drug-likeness (QED) is 0.681. The van der Waals surface area contributed by atoms with Crippen LogP contribution in [0.15, 0.2) is 30.3 Å². The van der Waals surface area contributed by atoms with Gasteiger partial charge in [0.2, 0.25) is 0 Å². The highest BCUT2D eigenvalue weighted by Gasteiger charge is 2.21. The van der Waals surface area contributed by atoms with Gasteiger partial charge in [0.1, 0.15) is 16.4 Å². The fraction of sp³-hybridized carbons (Fsp3) is 0.250. The number of hydrogen-bond acceptors (Lipinski definition) is 5. The van der Waals surface area contributed by atoms with Crippen LogP contribution in [0.25, 0.3) is 16.2 Å². The van der Waals surface area contributed by atoms with Crippen LogP contribution in [0.5, 0.6) is 0 Å². The zero-order valence-electron chi connectivity index (χ0n) is 13.0. The fourth-order valence-corrected chi connectivity index (χ4v) is 3.49. The van der Waals surface area contributed by atoms with Crippen molar-refractivity contribution in [2.24, 2.45) is 5.73 Å². The van der Waals surface area contributed by atoms with Crippen molar-refractivity contribution in [1.29, 1.82) is 0 Å². The van der Waals surface area contributed by atoms with E-state index in [1.165, 1.54) is 11.3 Å². The third-order valence-electron chi connectivity index (χ3n) is 3.57. The maximum atomic E-state index is 11.6. The second-order valence-electron chi connectivity index (χ2n) is 5.09. The molecule has 0 saturated heterocycles. The maximum Gasteiger partial charge on any atom is 0.260 e. The summed E-state index contributed by atoms with van der Waals surface area (Å²) in [6, 6.07) is 9.94. The number of anilines is 1. The number of nitrogens with zero attached hydrogens (tertiary/aromatic N) is 2. The van der Waals surface area contributed by atoms with E-state index in [1.54, 1.807) is 7.11 Å². The minimum atomic E-state index is -0.429. The highest BCUT2D eigenvalue weighted by atomic mass is 32.1. The number of benzene rings is 1. The Kier molecular flexibility index (Phi) is 4.31. The van der Waals surface area contributed by atoms with Crippen molar-refractivity contribution in [1.82, 2.24) is 9.38 Å². The third-order valence-corrected chi connectivity index (χ3v) is 4.73. The van der Waals surface area contributed by atoms with E-state index in [-0.39, 0.29) is 0 Å². The standard InChI is InChI=1S/C16H18N4O2S/c1-10-13(14(17)21)23-16-19-12(11-6-4-3-5-7-11)15(20(10)16)18-8-9-22-2/h3-7,18H,8-9H2,1-2H3,(H2,17,21). The van der Waals surface area contributed by atoms with E-state index in [9.17, 15) is 4.79 Å². The summed E-state index contributed by atoms with van der Waals surface area (Å²) in [6.07, 6.45) is 0. The molecule has 0 unspecified atom stereocenters. The van der Waals surface area contributed by atoms with E-state index < -0.39 is 5.91 Å². The second kappa shape index (κ2) is 6.39. The van der Waals surface area contributed by atoms with E-state index in [0.29, 0.717) is 18.0 Å². The summed E-state index contributed by atoms with van der Waals surface area (Å²) in [6.45, 7) is 3.10. The molecule has 2 heterocycles. The first-order valence-corrected chi connectivity index (χ1v) is 8.05. The molecular weight excluding hydrogens is 312 g/mol. The first-order valence-electron chi connectivity index (χ1n) is 7.23. The van der Waals surface area contributed by atoms with Crippen LogP contribution in [-0.2, 0) is 4.74 Å². The van der Waals surface area contributed by atoms with E-state index in [0.717, 1.165) is 27.7 Å². The average molecular weight is 330 g/mol. The van der Waals surface area contributed by atoms with Gasteiger partial charge in [-0.3, -0.25) is 9.20 Å². The number of rotatable bonds is 6. The summed E-state index contributed by atoms with van der Waals surface area (Å²) in [5.41, 5.74) is 8.12. The van der Waals surface area contributed by atoms with Gasteiger partial charge < -0.3 is 15.8 Å². The normalized spacial score (nSPS) is 11.0. The largest absolute Gasteiger partial charge is 0.383 e. The van der Waals surface area contributed by atoms with E-state index >= 15 is 0 Å². The number of methoxy groups -OCH3 is 1. The zero-order valence-corrected chi connectivity index (χ0v) is 13.8. The van der Waals surface area contributed by atoms with Gasteiger partial charge >= 0.3 is 0 Å². The lowest BCUT2D eigenvalue weighted by Crippen LogP contribution is -2.13. The number of ether oxygens (including phenoxy) is 1. The van der Waals surface area contributed by atoms with Gasteiger partial charge in [0.15, 0.2) is 4.96 Å². The van der Waals surface area contributed by atoms with Crippen molar-refractivity contribution in [2.75, 3.05) is 25.6 Å². The van der Waals surface area contributed by atoms with E-state index in [1.807, 2.05) is 41.7 Å². The van der Waals surface area contributed by atoms with Crippen LogP contribution in [0.3, 0.4) is 0 Å². The number of carbonyl (C=O) groups excluding carboxylic acids is 1. The first-order chi connectivity index (χ1) is 11.1. The molecule has 3 rings (SSSR count). The molecule has 0 aliphatic carbocycles. The molecular formula is C16H18N4O2S. The van der Waals surface area contributed by atoms with Crippen molar-refractivity contribution in [3.63, 3.8) is 0 Å². The van der Waals surface area contributed by atoms with Gasteiger partial charge in [-0.25, -0.2) is 4.98 Å². The number of primary amides is 1. The van der Waals surface area contributed by atoms with Crippen LogP contribution in [0.4, 0.5) is 5.82 Å². The second-order valence-corrected chi connectivity index (χ2v) is 6.07. The number of nitrogens with one attached hydrogen (secondary N) is 1. The Balaban J connectivity index is 2.16. The topological polar surface area (TPSA) is 81.7 Å². The van der Waals surface area contributed by atoms with Gasteiger partial charge in [0.05, 0.1) is 6.61 Å². The minimum absolute atomic E-state index is 0.429. The fourth-order valence-electron chi connectivity index (χ4n) is 2.51. The monoisotopic (exact) mass is 330 g/mol. The molecule has 120 valence electrons. The summed E-state index contributed by atoms with van der Waals surface area (Å²) >= 11 is 1.31. The molecule has 0 fully saturated rings. The van der Waals surface area contributed by atoms with Crippen LogP contribution in [0.2, 0.25) is 0 Å². The molecule has 0 radical (unpaired) electrons. The number of aromatic nitrogens is 2. The molecule has 2 aromatic heterocycles. The summed E-state index contributed by atoms with van der Waals surface area (Å²) in [5, 5.41) is 3.36. The van der Waals surface area contributed by atoms with Crippen molar-refractivity contribution in [3.05, 3.63) is 40.9 Å². The van der Waals surface area contributed by atoms with E-state index in [2.05, 4.69) is 5.32 Å². The SMILES string of the molecule is COCCNc1c(-c2ccccc2)nc2sc(C(N)=O)c(C)n12. The Hall–Kier alpha value is -2.38. The molecule has 0 aliphatic rings.